The average Bonchev–Trinajstić information content (AvgIpc) is 2.80. The molecule has 1 amide bonds. The molecule has 0 aromatic carbocycles. The van der Waals surface area contributed by atoms with Crippen LogP contribution in [0.1, 0.15) is 52.4 Å². The summed E-state index contributed by atoms with van der Waals surface area (Å²) in [5.41, 5.74) is -1.04. The van der Waals surface area contributed by atoms with Crippen LogP contribution in [-0.4, -0.2) is 40.8 Å². The highest BCUT2D eigenvalue weighted by molar-refractivity contribution is 5.84. The number of hydrogen-bond acceptors (Lipinski definition) is 3. The maximum absolute atomic E-state index is 12.0. The van der Waals surface area contributed by atoms with Gasteiger partial charge in [0.1, 0.15) is 5.54 Å². The van der Waals surface area contributed by atoms with Crippen molar-refractivity contribution < 1.29 is 19.4 Å². The Kier molecular flexibility index (Phi) is 5.44. The van der Waals surface area contributed by atoms with Gasteiger partial charge in [0.05, 0.1) is 6.61 Å². The Balaban J connectivity index is 2.91. The molecule has 0 radical (unpaired) electrons. The van der Waals surface area contributed by atoms with E-state index in [4.69, 9.17) is 4.74 Å². The zero-order chi connectivity index (χ0) is 13.6. The van der Waals surface area contributed by atoms with Gasteiger partial charge in [0.15, 0.2) is 0 Å². The summed E-state index contributed by atoms with van der Waals surface area (Å²) in [7, 11) is 0. The Morgan fingerprint density at radius 1 is 1.28 bits per heavy atom. The first-order valence-electron chi connectivity index (χ1n) is 6.76. The molecule has 0 spiro atoms. The SMILES string of the molecule is CCCCN(C(=O)OCC)C1(C(=O)O)CCCC1. The Bertz CT molecular complexity index is 297. The fraction of sp³-hybridized carbons (Fsp3) is 0.846. The highest BCUT2D eigenvalue weighted by atomic mass is 16.6. The minimum absolute atomic E-state index is 0.275. The summed E-state index contributed by atoms with van der Waals surface area (Å²) in [4.78, 5) is 25.0. The van der Waals surface area contributed by atoms with Gasteiger partial charge < -0.3 is 9.84 Å². The first-order valence-corrected chi connectivity index (χ1v) is 6.76. The fourth-order valence-electron chi connectivity index (χ4n) is 2.56. The molecule has 1 fully saturated rings. The van der Waals surface area contributed by atoms with Crippen LogP contribution in [-0.2, 0) is 9.53 Å². The van der Waals surface area contributed by atoms with Crippen molar-refractivity contribution in [2.45, 2.75) is 57.9 Å². The van der Waals surface area contributed by atoms with E-state index in [0.29, 0.717) is 19.4 Å². The van der Waals surface area contributed by atoms with E-state index >= 15 is 0 Å². The molecule has 0 heterocycles. The summed E-state index contributed by atoms with van der Waals surface area (Å²) in [6.45, 7) is 4.49. The monoisotopic (exact) mass is 257 g/mol. The van der Waals surface area contributed by atoms with Gasteiger partial charge in [-0.1, -0.05) is 26.2 Å². The molecular formula is C13H23NO4. The van der Waals surface area contributed by atoms with E-state index < -0.39 is 17.6 Å². The summed E-state index contributed by atoms with van der Waals surface area (Å²) in [6, 6.07) is 0. The van der Waals surface area contributed by atoms with Gasteiger partial charge in [-0.2, -0.15) is 0 Å². The quantitative estimate of drug-likeness (QED) is 0.794. The van der Waals surface area contributed by atoms with E-state index in [9.17, 15) is 14.7 Å². The molecule has 1 saturated carbocycles. The molecule has 0 saturated heterocycles. The van der Waals surface area contributed by atoms with Gasteiger partial charge in [-0.25, -0.2) is 9.59 Å². The van der Waals surface area contributed by atoms with Crippen molar-refractivity contribution >= 4 is 12.1 Å². The molecule has 0 unspecified atom stereocenters. The third-order valence-electron chi connectivity index (χ3n) is 3.57. The lowest BCUT2D eigenvalue weighted by Gasteiger charge is -2.36. The summed E-state index contributed by atoms with van der Waals surface area (Å²) in [5, 5.41) is 9.50. The Hall–Kier alpha value is -1.26. The highest BCUT2D eigenvalue weighted by Gasteiger charge is 2.49. The minimum atomic E-state index is -1.04. The zero-order valence-electron chi connectivity index (χ0n) is 11.3. The van der Waals surface area contributed by atoms with Crippen LogP contribution in [0.25, 0.3) is 0 Å². The van der Waals surface area contributed by atoms with Gasteiger partial charge in [-0.3, -0.25) is 4.90 Å². The van der Waals surface area contributed by atoms with Gasteiger partial charge in [0.25, 0.3) is 0 Å². The molecule has 0 bridgehead atoms. The molecule has 1 N–H and O–H groups in total. The Morgan fingerprint density at radius 2 is 1.89 bits per heavy atom. The minimum Gasteiger partial charge on any atom is -0.479 e. The van der Waals surface area contributed by atoms with Crippen LogP contribution in [0.3, 0.4) is 0 Å². The van der Waals surface area contributed by atoms with Gasteiger partial charge in [-0.05, 0) is 26.2 Å². The van der Waals surface area contributed by atoms with Crippen LogP contribution in [0.4, 0.5) is 4.79 Å². The van der Waals surface area contributed by atoms with Crippen LogP contribution < -0.4 is 0 Å². The normalized spacial score (nSPS) is 17.4. The smallest absolute Gasteiger partial charge is 0.410 e. The molecule has 18 heavy (non-hydrogen) atoms. The van der Waals surface area contributed by atoms with Crippen molar-refractivity contribution in [2.24, 2.45) is 0 Å². The topological polar surface area (TPSA) is 66.8 Å². The molecule has 1 rings (SSSR count). The third-order valence-corrected chi connectivity index (χ3v) is 3.57. The second-order valence-electron chi connectivity index (χ2n) is 4.75. The molecule has 0 aliphatic heterocycles. The van der Waals surface area contributed by atoms with E-state index in [2.05, 4.69) is 0 Å². The standard InChI is InChI=1S/C13H23NO4/c1-3-5-10-14(12(17)18-4-2)13(11(15)16)8-6-7-9-13/h3-10H2,1-2H3,(H,15,16). The average molecular weight is 257 g/mol. The lowest BCUT2D eigenvalue weighted by molar-refractivity contribution is -0.150. The van der Waals surface area contributed by atoms with Crippen LogP contribution in [0.5, 0.6) is 0 Å². The number of carbonyl (C=O) groups is 2. The predicted molar refractivity (Wildman–Crippen MR) is 67.5 cm³/mol. The van der Waals surface area contributed by atoms with Crippen molar-refractivity contribution in [2.75, 3.05) is 13.2 Å². The molecule has 1 aliphatic rings. The number of carboxylic acids is 1. The van der Waals surface area contributed by atoms with E-state index in [0.717, 1.165) is 25.7 Å². The maximum atomic E-state index is 12.0. The summed E-state index contributed by atoms with van der Waals surface area (Å²) < 4.78 is 5.01. The number of nitrogens with zero attached hydrogens (tertiary/aromatic N) is 1. The molecule has 0 atom stereocenters. The Labute approximate surface area is 108 Å². The van der Waals surface area contributed by atoms with Crippen molar-refractivity contribution in [1.29, 1.82) is 0 Å². The first-order chi connectivity index (χ1) is 8.58. The molecule has 5 nitrogen and oxygen atoms in total. The fourth-order valence-corrected chi connectivity index (χ4v) is 2.56. The van der Waals surface area contributed by atoms with Crippen molar-refractivity contribution in [1.82, 2.24) is 4.90 Å². The summed E-state index contributed by atoms with van der Waals surface area (Å²) in [6.07, 6.45) is 4.01. The number of ether oxygens (including phenoxy) is 1. The number of unbranched alkanes of at least 4 members (excludes halogenated alkanes) is 1. The first kappa shape index (κ1) is 14.8. The molecule has 104 valence electrons. The number of amides is 1. The van der Waals surface area contributed by atoms with E-state index in [1.54, 1.807) is 6.92 Å². The van der Waals surface area contributed by atoms with Crippen molar-refractivity contribution in [3.8, 4) is 0 Å². The maximum Gasteiger partial charge on any atom is 0.410 e. The summed E-state index contributed by atoms with van der Waals surface area (Å²) >= 11 is 0. The second-order valence-corrected chi connectivity index (χ2v) is 4.75. The Morgan fingerprint density at radius 3 is 2.33 bits per heavy atom. The van der Waals surface area contributed by atoms with E-state index in [1.807, 2.05) is 6.92 Å². The molecule has 0 aromatic rings. The predicted octanol–water partition coefficient (Wildman–Crippen LogP) is 2.64. The molecule has 0 aromatic heterocycles. The number of hydrogen-bond donors (Lipinski definition) is 1. The highest BCUT2D eigenvalue weighted by Crippen LogP contribution is 2.36. The molecule has 1 aliphatic carbocycles. The van der Waals surface area contributed by atoms with Crippen LogP contribution in [0.2, 0.25) is 0 Å². The van der Waals surface area contributed by atoms with Crippen LogP contribution >= 0.6 is 0 Å². The van der Waals surface area contributed by atoms with Gasteiger partial charge in [0.2, 0.25) is 0 Å². The summed E-state index contributed by atoms with van der Waals surface area (Å²) in [5.74, 6) is -0.899. The lowest BCUT2D eigenvalue weighted by Crippen LogP contribution is -2.56. The number of carboxylic acid groups (broad SMARTS) is 1. The van der Waals surface area contributed by atoms with Crippen LogP contribution in [0, 0.1) is 0 Å². The largest absolute Gasteiger partial charge is 0.479 e. The van der Waals surface area contributed by atoms with Gasteiger partial charge >= 0.3 is 12.1 Å². The zero-order valence-corrected chi connectivity index (χ0v) is 11.3. The lowest BCUT2D eigenvalue weighted by atomic mass is 9.95. The number of rotatable bonds is 6. The number of carbonyl (C=O) groups excluding carboxylic acids is 1. The van der Waals surface area contributed by atoms with E-state index in [1.165, 1.54) is 4.90 Å². The van der Waals surface area contributed by atoms with Crippen LogP contribution in [0.15, 0.2) is 0 Å². The number of aliphatic carboxylic acids is 1. The third kappa shape index (κ3) is 2.94. The molecular weight excluding hydrogens is 234 g/mol. The van der Waals surface area contributed by atoms with Crippen molar-refractivity contribution in [3.63, 3.8) is 0 Å². The van der Waals surface area contributed by atoms with Gasteiger partial charge in [0, 0.05) is 6.54 Å². The van der Waals surface area contributed by atoms with Gasteiger partial charge in [-0.15, -0.1) is 0 Å². The molecule has 5 heteroatoms. The van der Waals surface area contributed by atoms with E-state index in [-0.39, 0.29) is 6.61 Å². The second kappa shape index (κ2) is 6.61. The van der Waals surface area contributed by atoms with Crippen molar-refractivity contribution in [3.05, 3.63) is 0 Å².